The van der Waals surface area contributed by atoms with Gasteiger partial charge in [0.1, 0.15) is 0 Å². The molecule has 0 amide bonds. The van der Waals surface area contributed by atoms with E-state index in [0.717, 1.165) is 54.4 Å². The molecule has 4 heteroatoms. The molecule has 0 atom stereocenters. The summed E-state index contributed by atoms with van der Waals surface area (Å²) >= 11 is 0. The molecule has 0 saturated heterocycles. The Balaban J connectivity index is 1.66. The molecule has 0 spiro atoms. The van der Waals surface area contributed by atoms with Gasteiger partial charge in [-0.15, -0.1) is 0 Å². The molecular formula is C39H27N2OP. The Morgan fingerprint density at radius 1 is 0.465 bits per heavy atom. The molecule has 0 saturated carbocycles. The van der Waals surface area contributed by atoms with Crippen molar-refractivity contribution in [2.75, 3.05) is 0 Å². The van der Waals surface area contributed by atoms with Gasteiger partial charge in [-0.3, -0.25) is 13.9 Å². The Morgan fingerprint density at radius 2 is 0.930 bits per heavy atom. The van der Waals surface area contributed by atoms with Gasteiger partial charge in [-0.2, -0.15) is 0 Å². The van der Waals surface area contributed by atoms with E-state index in [1.165, 1.54) is 0 Å². The lowest BCUT2D eigenvalue weighted by Crippen LogP contribution is -2.25. The summed E-state index contributed by atoms with van der Waals surface area (Å²) in [6.45, 7) is 0. The maximum absolute atomic E-state index is 14.8. The predicted molar refractivity (Wildman–Crippen MR) is 183 cm³/mol. The van der Waals surface area contributed by atoms with Crippen LogP contribution in [0.15, 0.2) is 173 Å². The number of hydrogen-bond acceptors (Lipinski definition) is 2. The largest absolute Gasteiger partial charge is 0.275 e. The maximum atomic E-state index is 14.8. The Kier molecular flexibility index (Phi) is 6.06. The lowest BCUT2D eigenvalue weighted by Gasteiger charge is -2.28. The summed E-state index contributed by atoms with van der Waals surface area (Å²) in [5.74, 6) is 0. The first-order valence-electron chi connectivity index (χ1n) is 14.4. The molecule has 2 aromatic heterocycles. The van der Waals surface area contributed by atoms with Crippen LogP contribution in [0.3, 0.4) is 0 Å². The summed E-state index contributed by atoms with van der Waals surface area (Å²) in [5, 5.41) is 6.51. The van der Waals surface area contributed by atoms with Gasteiger partial charge >= 0.3 is 0 Å². The van der Waals surface area contributed by atoms with E-state index in [0.29, 0.717) is 5.56 Å². The molecule has 0 aliphatic heterocycles. The molecular weight excluding hydrogens is 543 g/mol. The SMILES string of the molecule is O=c1c(-c2ccccc2)c(N=P(c2ccccc2)(c2ccccc2)c2ccccc2)c2cccc3c4ccccc4n1c23. The molecule has 8 rings (SSSR count). The van der Waals surface area contributed by atoms with Crippen LogP contribution < -0.4 is 21.5 Å². The van der Waals surface area contributed by atoms with Crippen molar-refractivity contribution in [3.63, 3.8) is 0 Å². The summed E-state index contributed by atoms with van der Waals surface area (Å²) in [7, 11) is -2.65. The Morgan fingerprint density at radius 3 is 1.51 bits per heavy atom. The first kappa shape index (κ1) is 25.5. The van der Waals surface area contributed by atoms with Crippen LogP contribution >= 0.6 is 7.05 Å². The third-order valence-corrected chi connectivity index (χ3v) is 11.9. The molecule has 0 N–H and O–H groups in total. The van der Waals surface area contributed by atoms with E-state index in [1.54, 1.807) is 0 Å². The molecule has 8 aromatic rings. The number of aromatic nitrogens is 1. The normalized spacial score (nSPS) is 11.8. The van der Waals surface area contributed by atoms with Crippen LogP contribution in [-0.4, -0.2) is 4.40 Å². The lowest BCUT2D eigenvalue weighted by atomic mass is 10.0. The summed E-state index contributed by atoms with van der Waals surface area (Å²) in [6, 6.07) is 56.3. The molecule has 0 aliphatic rings. The average molecular weight is 571 g/mol. The monoisotopic (exact) mass is 570 g/mol. The van der Waals surface area contributed by atoms with Crippen LogP contribution in [-0.2, 0) is 0 Å². The molecule has 0 unspecified atom stereocenters. The van der Waals surface area contributed by atoms with E-state index in [-0.39, 0.29) is 5.56 Å². The fourth-order valence-electron chi connectivity index (χ4n) is 6.44. The second kappa shape index (κ2) is 10.2. The zero-order chi connectivity index (χ0) is 28.8. The van der Waals surface area contributed by atoms with Crippen molar-refractivity contribution < 1.29 is 0 Å². The van der Waals surface area contributed by atoms with Crippen molar-refractivity contribution in [2.45, 2.75) is 0 Å². The van der Waals surface area contributed by atoms with Gasteiger partial charge in [-0.25, -0.2) is 0 Å². The van der Waals surface area contributed by atoms with Crippen molar-refractivity contribution >= 4 is 55.8 Å². The third kappa shape index (κ3) is 3.90. The highest BCUT2D eigenvalue weighted by molar-refractivity contribution is 7.87. The van der Waals surface area contributed by atoms with E-state index < -0.39 is 7.05 Å². The highest BCUT2D eigenvalue weighted by atomic mass is 31.2. The summed E-state index contributed by atoms with van der Waals surface area (Å²) in [6.07, 6.45) is 0. The van der Waals surface area contributed by atoms with Crippen molar-refractivity contribution in [3.8, 4) is 11.1 Å². The second-order valence-electron chi connectivity index (χ2n) is 10.7. The fourth-order valence-corrected chi connectivity index (χ4v) is 10.00. The zero-order valence-electron chi connectivity index (χ0n) is 23.3. The first-order chi connectivity index (χ1) is 21.3. The van der Waals surface area contributed by atoms with Crippen molar-refractivity contribution in [1.29, 1.82) is 0 Å². The fraction of sp³-hybridized carbons (Fsp3) is 0. The van der Waals surface area contributed by atoms with Gasteiger partial charge < -0.3 is 0 Å². The van der Waals surface area contributed by atoms with Crippen LogP contribution in [0.5, 0.6) is 0 Å². The van der Waals surface area contributed by atoms with E-state index in [1.807, 2.05) is 71.1 Å². The van der Waals surface area contributed by atoms with Gasteiger partial charge in [0.05, 0.1) is 29.3 Å². The van der Waals surface area contributed by atoms with Crippen LogP contribution in [0.1, 0.15) is 0 Å². The van der Waals surface area contributed by atoms with E-state index >= 15 is 0 Å². The molecule has 204 valence electrons. The number of pyridine rings is 1. The van der Waals surface area contributed by atoms with Crippen LogP contribution in [0.2, 0.25) is 0 Å². The Bertz CT molecular complexity index is 2240. The maximum Gasteiger partial charge on any atom is 0.265 e. The van der Waals surface area contributed by atoms with Gasteiger partial charge in [0.15, 0.2) is 0 Å². The third-order valence-electron chi connectivity index (χ3n) is 8.31. The molecule has 0 bridgehead atoms. The van der Waals surface area contributed by atoms with E-state index in [2.05, 4.69) is 97.1 Å². The number of rotatable bonds is 5. The number of nitrogens with zero attached hydrogens (tertiary/aromatic N) is 2. The molecule has 6 aromatic carbocycles. The van der Waals surface area contributed by atoms with Crippen LogP contribution in [0, 0.1) is 0 Å². The molecule has 2 heterocycles. The first-order valence-corrected chi connectivity index (χ1v) is 16.2. The van der Waals surface area contributed by atoms with Gasteiger partial charge in [-0.05, 0) is 11.6 Å². The number of hydrogen-bond donors (Lipinski definition) is 0. The summed E-state index contributed by atoms with van der Waals surface area (Å²) < 4.78 is 7.83. The van der Waals surface area contributed by atoms with Gasteiger partial charge in [0.2, 0.25) is 0 Å². The molecule has 0 radical (unpaired) electrons. The summed E-state index contributed by atoms with van der Waals surface area (Å²) in [5.41, 5.74) is 3.99. The van der Waals surface area contributed by atoms with Gasteiger partial charge in [0.25, 0.3) is 5.56 Å². The quantitative estimate of drug-likeness (QED) is 0.191. The van der Waals surface area contributed by atoms with Crippen molar-refractivity contribution in [3.05, 3.63) is 174 Å². The number of para-hydroxylation sites is 2. The van der Waals surface area contributed by atoms with Crippen LogP contribution in [0.25, 0.3) is 38.3 Å². The number of benzene rings is 6. The summed E-state index contributed by atoms with van der Waals surface area (Å²) in [4.78, 5) is 14.8. The van der Waals surface area contributed by atoms with Crippen molar-refractivity contribution in [1.82, 2.24) is 4.40 Å². The van der Waals surface area contributed by atoms with Crippen LogP contribution in [0.4, 0.5) is 5.69 Å². The molecule has 0 fully saturated rings. The molecule has 43 heavy (non-hydrogen) atoms. The second-order valence-corrected chi connectivity index (χ2v) is 13.7. The standard InChI is InChI=1S/C39H27N2OP/c42-39-36(28-16-5-1-6-17-28)37(34-26-15-25-33-32-24-13-14-27-35(32)41(39)38(33)34)40-43(29-18-7-2-8-19-29,30-20-9-3-10-21-30)31-22-11-4-12-23-31/h1-27H. The smallest absolute Gasteiger partial charge is 0.265 e. The Hall–Kier alpha value is -5.24. The van der Waals surface area contributed by atoms with Crippen molar-refractivity contribution in [2.24, 2.45) is 4.74 Å². The highest BCUT2D eigenvalue weighted by Crippen LogP contribution is 2.52. The zero-order valence-corrected chi connectivity index (χ0v) is 24.2. The number of fused-ring (bicyclic) bond motifs is 3. The van der Waals surface area contributed by atoms with E-state index in [4.69, 9.17) is 4.74 Å². The van der Waals surface area contributed by atoms with E-state index in [9.17, 15) is 4.79 Å². The average Bonchev–Trinajstić information content (AvgIpc) is 3.43. The van der Waals surface area contributed by atoms with Gasteiger partial charge in [0, 0.05) is 32.1 Å². The molecule has 0 aliphatic carbocycles. The lowest BCUT2D eigenvalue weighted by molar-refractivity contribution is 1.18. The minimum Gasteiger partial charge on any atom is -0.275 e. The highest BCUT2D eigenvalue weighted by Gasteiger charge is 2.30. The minimum atomic E-state index is -2.65. The van der Waals surface area contributed by atoms with Gasteiger partial charge in [-0.1, -0.05) is 158 Å². The predicted octanol–water partition coefficient (Wildman–Crippen LogP) is 8.52. The topological polar surface area (TPSA) is 33.8 Å². The minimum absolute atomic E-state index is 0.0536. The Labute approximate surface area is 249 Å². The molecule has 3 nitrogen and oxygen atoms in total.